The number of methoxy groups -OCH3 is 1. The summed E-state index contributed by atoms with van der Waals surface area (Å²) in [6.07, 6.45) is 1.68. The highest BCUT2D eigenvalue weighted by Crippen LogP contribution is 2.27. The van der Waals surface area contributed by atoms with Gasteiger partial charge in [-0.05, 0) is 49.7 Å². The Bertz CT molecular complexity index is 1300. The largest absolute Gasteiger partial charge is 0.495 e. The second-order valence-corrected chi connectivity index (χ2v) is 8.64. The number of amides is 1. The minimum absolute atomic E-state index is 0.183. The first-order chi connectivity index (χ1) is 17.4. The first-order valence-electron chi connectivity index (χ1n) is 11.9. The summed E-state index contributed by atoms with van der Waals surface area (Å²) in [5.74, 6) is 7.35. The maximum Gasteiger partial charge on any atom is 0.251 e. The number of pyridine rings is 1. The molecular weight excluding hydrogens is 461 g/mol. The molecule has 1 amide bonds. The Labute approximate surface area is 210 Å². The van der Waals surface area contributed by atoms with Gasteiger partial charge in [-0.25, -0.2) is 9.37 Å². The summed E-state index contributed by atoms with van der Waals surface area (Å²) in [7, 11) is 6.90. The number of halogens is 1. The van der Waals surface area contributed by atoms with E-state index in [-0.39, 0.29) is 11.9 Å². The lowest BCUT2D eigenvalue weighted by atomic mass is 10.0. The summed E-state index contributed by atoms with van der Waals surface area (Å²) in [5.41, 5.74) is 3.30. The summed E-state index contributed by atoms with van der Waals surface area (Å²) in [5, 5.41) is 12.4. The highest BCUT2D eigenvalue weighted by atomic mass is 19.1. The number of likely N-dealkylation sites (tertiary alicyclic amines) is 1. The normalized spacial score (nSPS) is 17.7. The first-order valence-corrected chi connectivity index (χ1v) is 11.9. The highest BCUT2D eigenvalue weighted by Gasteiger charge is 2.28. The lowest BCUT2D eigenvalue weighted by Crippen LogP contribution is -2.46. The van der Waals surface area contributed by atoms with Gasteiger partial charge in [0.25, 0.3) is 5.91 Å². The van der Waals surface area contributed by atoms with Crippen molar-refractivity contribution in [3.05, 3.63) is 47.8 Å². The van der Waals surface area contributed by atoms with Crippen molar-refractivity contribution in [2.75, 3.05) is 63.8 Å². The number of alkyl halides is 1. The van der Waals surface area contributed by atoms with E-state index < -0.39 is 6.17 Å². The predicted molar refractivity (Wildman–Crippen MR) is 141 cm³/mol. The second kappa shape index (κ2) is 11.2. The first kappa shape index (κ1) is 25.1. The van der Waals surface area contributed by atoms with Gasteiger partial charge in [-0.2, -0.15) is 0 Å². The molecule has 3 aromatic rings. The van der Waals surface area contributed by atoms with Gasteiger partial charge in [0.05, 0.1) is 31.1 Å². The van der Waals surface area contributed by atoms with Crippen molar-refractivity contribution in [1.82, 2.24) is 19.6 Å². The van der Waals surface area contributed by atoms with E-state index in [9.17, 15) is 9.18 Å². The molecule has 0 bridgehead atoms. The molecule has 1 aromatic carbocycles. The van der Waals surface area contributed by atoms with Crippen LogP contribution in [-0.4, -0.2) is 80.3 Å². The molecule has 0 saturated carbocycles. The molecule has 1 fully saturated rings. The van der Waals surface area contributed by atoms with Gasteiger partial charge in [0, 0.05) is 38.9 Å². The predicted octanol–water partition coefficient (Wildman–Crippen LogP) is 2.66. The average Bonchev–Trinajstić information content (AvgIpc) is 3.26. The Balaban J connectivity index is 1.52. The number of fused-ring (bicyclic) bond motifs is 1. The van der Waals surface area contributed by atoms with Crippen molar-refractivity contribution in [1.29, 1.82) is 0 Å². The van der Waals surface area contributed by atoms with E-state index in [4.69, 9.17) is 9.72 Å². The molecule has 10 heteroatoms. The Hall–Kier alpha value is -3.97. The Morgan fingerprint density at radius 1 is 1.28 bits per heavy atom. The zero-order valence-corrected chi connectivity index (χ0v) is 21.0. The molecule has 0 radical (unpaired) electrons. The highest BCUT2D eigenvalue weighted by molar-refractivity contribution is 5.95. The smallest absolute Gasteiger partial charge is 0.251 e. The van der Waals surface area contributed by atoms with Crippen molar-refractivity contribution in [3.63, 3.8) is 0 Å². The molecule has 0 aliphatic carbocycles. The van der Waals surface area contributed by atoms with Crippen molar-refractivity contribution < 1.29 is 13.9 Å². The number of rotatable bonds is 7. The van der Waals surface area contributed by atoms with Gasteiger partial charge in [-0.3, -0.25) is 9.20 Å². The number of nitrogens with zero attached hydrogens (tertiary/aromatic N) is 3. The number of imidazole rings is 1. The van der Waals surface area contributed by atoms with Crippen molar-refractivity contribution >= 4 is 28.7 Å². The summed E-state index contributed by atoms with van der Waals surface area (Å²) < 4.78 is 21.9. The molecule has 4 N–H and O–H groups in total. The van der Waals surface area contributed by atoms with E-state index >= 15 is 0 Å². The van der Waals surface area contributed by atoms with Crippen LogP contribution in [0.4, 0.5) is 21.6 Å². The minimum Gasteiger partial charge on any atom is -0.495 e. The monoisotopic (exact) mass is 493 g/mol. The molecule has 2 aromatic heterocycles. The van der Waals surface area contributed by atoms with Crippen LogP contribution in [0.15, 0.2) is 36.5 Å². The van der Waals surface area contributed by atoms with Crippen LogP contribution < -0.4 is 26.0 Å². The molecule has 0 unspecified atom stereocenters. The zero-order valence-electron chi connectivity index (χ0n) is 21.0. The summed E-state index contributed by atoms with van der Waals surface area (Å²) in [4.78, 5) is 18.6. The second-order valence-electron chi connectivity index (χ2n) is 8.64. The quantitative estimate of drug-likeness (QED) is 0.376. The lowest BCUT2D eigenvalue weighted by molar-refractivity contribution is 0.0962. The fourth-order valence-corrected chi connectivity index (χ4v) is 4.32. The maximum atomic E-state index is 14.6. The maximum absolute atomic E-state index is 14.6. The molecule has 36 heavy (non-hydrogen) atoms. The Kier molecular flexibility index (Phi) is 7.80. The number of nitrogens with one attached hydrogen (secondary N) is 4. The molecule has 2 atom stereocenters. The third-order valence-corrected chi connectivity index (χ3v) is 6.24. The number of anilines is 3. The number of hydrogen-bond acceptors (Lipinski definition) is 7. The molecule has 190 valence electrons. The van der Waals surface area contributed by atoms with E-state index in [1.165, 1.54) is 0 Å². The van der Waals surface area contributed by atoms with Gasteiger partial charge in [0.15, 0.2) is 11.3 Å². The van der Waals surface area contributed by atoms with E-state index in [0.717, 1.165) is 30.2 Å². The van der Waals surface area contributed by atoms with E-state index in [1.807, 2.05) is 41.7 Å². The number of ether oxygens (including phenoxy) is 1. The number of piperidine rings is 1. The van der Waals surface area contributed by atoms with Gasteiger partial charge >= 0.3 is 0 Å². The number of benzene rings is 1. The summed E-state index contributed by atoms with van der Waals surface area (Å²) >= 11 is 0. The molecule has 1 aliphatic heterocycles. The Morgan fingerprint density at radius 3 is 2.83 bits per heavy atom. The number of carbonyl (C=O) groups is 1. The van der Waals surface area contributed by atoms with Gasteiger partial charge in [0.1, 0.15) is 17.7 Å². The SMILES string of the molecule is CNC(=O)c1ccc(NCC#Cc2nc3c(N[C@@H]4CCN(C)C[C@@H]4F)cccn3c2NC)c(OC)c1. The van der Waals surface area contributed by atoms with Crippen LogP contribution in [0, 0.1) is 11.8 Å². The fourth-order valence-electron chi connectivity index (χ4n) is 4.32. The van der Waals surface area contributed by atoms with Crippen LogP contribution in [0.25, 0.3) is 5.65 Å². The molecule has 1 aliphatic rings. The van der Waals surface area contributed by atoms with Gasteiger partial charge in [-0.15, -0.1) is 0 Å². The number of carbonyl (C=O) groups excluding carboxylic acids is 1. The number of aromatic nitrogens is 2. The Morgan fingerprint density at radius 2 is 2.11 bits per heavy atom. The molecule has 0 spiro atoms. The lowest BCUT2D eigenvalue weighted by Gasteiger charge is -2.33. The molecule has 9 nitrogen and oxygen atoms in total. The molecule has 1 saturated heterocycles. The van der Waals surface area contributed by atoms with E-state index in [0.29, 0.717) is 35.7 Å². The van der Waals surface area contributed by atoms with Crippen LogP contribution in [0.1, 0.15) is 22.5 Å². The topological polar surface area (TPSA) is 95.0 Å². The average molecular weight is 494 g/mol. The minimum atomic E-state index is -0.949. The van der Waals surface area contributed by atoms with Crippen LogP contribution in [0.2, 0.25) is 0 Å². The third-order valence-electron chi connectivity index (χ3n) is 6.24. The number of hydrogen-bond donors (Lipinski definition) is 4. The zero-order chi connectivity index (χ0) is 25.7. The van der Waals surface area contributed by atoms with E-state index in [2.05, 4.69) is 33.1 Å². The van der Waals surface area contributed by atoms with Crippen LogP contribution in [-0.2, 0) is 0 Å². The van der Waals surface area contributed by atoms with Crippen LogP contribution in [0.5, 0.6) is 5.75 Å². The van der Waals surface area contributed by atoms with Crippen molar-refractivity contribution in [3.8, 4) is 17.6 Å². The fraction of sp³-hybridized carbons (Fsp3) is 0.385. The standard InChI is InChI=1S/C26H32FN7O2/c1-28-24-21(7-5-12-30-20-10-9-17(26(35)29-2)15-23(20)36-4)32-25-22(8-6-13-34(24)25)31-19-11-14-33(3)16-18(19)27/h6,8-10,13,15,18-19,28,30-31H,11-12,14,16H2,1-4H3,(H,29,35)/t18-,19+/m0/s1. The van der Waals surface area contributed by atoms with Crippen molar-refractivity contribution in [2.45, 2.75) is 18.6 Å². The third kappa shape index (κ3) is 5.31. The molecular formula is C26H32FN7O2. The summed E-state index contributed by atoms with van der Waals surface area (Å²) in [6, 6.07) is 8.75. The molecule has 3 heterocycles. The van der Waals surface area contributed by atoms with Gasteiger partial charge in [-0.1, -0.05) is 5.92 Å². The van der Waals surface area contributed by atoms with Gasteiger partial charge in [0.2, 0.25) is 0 Å². The van der Waals surface area contributed by atoms with Crippen LogP contribution in [0.3, 0.4) is 0 Å². The summed E-state index contributed by atoms with van der Waals surface area (Å²) in [6.45, 7) is 1.61. The van der Waals surface area contributed by atoms with Crippen molar-refractivity contribution in [2.24, 2.45) is 0 Å². The van der Waals surface area contributed by atoms with Gasteiger partial charge < -0.3 is 30.9 Å². The van der Waals surface area contributed by atoms with Crippen LogP contribution >= 0.6 is 0 Å². The van der Waals surface area contributed by atoms with E-state index in [1.54, 1.807) is 32.4 Å². The molecule has 4 rings (SSSR count).